The number of halogens is 3. The third kappa shape index (κ3) is 3.19. The van der Waals surface area contributed by atoms with Gasteiger partial charge in [-0.2, -0.15) is 0 Å². The monoisotopic (exact) mass is 343 g/mol. The summed E-state index contributed by atoms with van der Waals surface area (Å²) < 4.78 is 0.973. The van der Waals surface area contributed by atoms with Crippen molar-refractivity contribution < 1.29 is 0 Å². The third-order valence-corrected chi connectivity index (χ3v) is 3.83. The fourth-order valence-electron chi connectivity index (χ4n) is 1.74. The van der Waals surface area contributed by atoms with Gasteiger partial charge in [-0.15, -0.1) is 0 Å². The van der Waals surface area contributed by atoms with Crippen molar-refractivity contribution in [1.29, 1.82) is 0 Å². The Bertz CT molecular complexity index is 557. The molecule has 2 rings (SSSR count). The van der Waals surface area contributed by atoms with Crippen molar-refractivity contribution in [3.8, 4) is 0 Å². The second kappa shape index (κ2) is 5.96. The summed E-state index contributed by atoms with van der Waals surface area (Å²) in [5, 5.41) is 4.79. The van der Waals surface area contributed by atoms with E-state index in [0.717, 1.165) is 20.7 Å². The quantitative estimate of drug-likeness (QED) is 0.727. The summed E-state index contributed by atoms with van der Waals surface area (Å²) in [4.78, 5) is 0. The molecular weight excluding hydrogens is 333 g/mol. The van der Waals surface area contributed by atoms with E-state index in [-0.39, 0.29) is 6.04 Å². The van der Waals surface area contributed by atoms with E-state index in [2.05, 4.69) is 28.2 Å². The molecule has 18 heavy (non-hydrogen) atoms. The van der Waals surface area contributed by atoms with Crippen molar-refractivity contribution in [3.63, 3.8) is 0 Å². The number of nitrogens with one attached hydrogen (secondary N) is 1. The van der Waals surface area contributed by atoms with Gasteiger partial charge in [0, 0.05) is 9.50 Å². The van der Waals surface area contributed by atoms with E-state index in [1.54, 1.807) is 0 Å². The van der Waals surface area contributed by atoms with Gasteiger partial charge in [-0.05, 0) is 36.8 Å². The van der Waals surface area contributed by atoms with Crippen LogP contribution < -0.4 is 5.32 Å². The first-order valence-electron chi connectivity index (χ1n) is 5.54. The molecule has 1 nitrogen and oxygen atoms in total. The number of rotatable bonds is 3. The standard InChI is InChI=1S/C14H12BrCl2N/c1-9(11-7-6-10(15)8-13(11)17)18-14-5-3-2-4-12(14)16/h2-9,18H,1H3. The van der Waals surface area contributed by atoms with E-state index in [4.69, 9.17) is 23.2 Å². The van der Waals surface area contributed by atoms with Crippen LogP contribution in [0.25, 0.3) is 0 Å². The maximum absolute atomic E-state index is 6.23. The van der Waals surface area contributed by atoms with Gasteiger partial charge < -0.3 is 5.32 Å². The Morgan fingerprint density at radius 2 is 1.78 bits per heavy atom. The summed E-state index contributed by atoms with van der Waals surface area (Å²) in [6, 6.07) is 13.6. The molecule has 2 aromatic carbocycles. The van der Waals surface area contributed by atoms with Crippen LogP contribution >= 0.6 is 39.1 Å². The molecule has 1 atom stereocenters. The molecule has 94 valence electrons. The highest BCUT2D eigenvalue weighted by Crippen LogP contribution is 2.30. The minimum absolute atomic E-state index is 0.0884. The molecule has 0 amide bonds. The number of benzene rings is 2. The second-order valence-electron chi connectivity index (χ2n) is 4.01. The summed E-state index contributed by atoms with van der Waals surface area (Å²) >= 11 is 15.7. The van der Waals surface area contributed by atoms with Gasteiger partial charge in [-0.3, -0.25) is 0 Å². The number of hydrogen-bond donors (Lipinski definition) is 1. The lowest BCUT2D eigenvalue weighted by atomic mass is 10.1. The summed E-state index contributed by atoms with van der Waals surface area (Å²) in [5.41, 5.74) is 1.95. The molecule has 2 aromatic rings. The number of anilines is 1. The second-order valence-corrected chi connectivity index (χ2v) is 5.74. The molecule has 1 N–H and O–H groups in total. The molecule has 0 spiro atoms. The Morgan fingerprint density at radius 1 is 1.06 bits per heavy atom. The summed E-state index contributed by atoms with van der Waals surface area (Å²) in [5.74, 6) is 0. The Hall–Kier alpha value is -0.700. The first-order chi connectivity index (χ1) is 8.58. The smallest absolute Gasteiger partial charge is 0.0637 e. The highest BCUT2D eigenvalue weighted by molar-refractivity contribution is 9.10. The van der Waals surface area contributed by atoms with Gasteiger partial charge in [-0.1, -0.05) is 57.3 Å². The third-order valence-electron chi connectivity index (χ3n) is 2.67. The minimum Gasteiger partial charge on any atom is -0.377 e. The molecular formula is C14H12BrCl2N. The topological polar surface area (TPSA) is 12.0 Å². The Labute approximate surface area is 125 Å². The zero-order valence-corrected chi connectivity index (χ0v) is 12.9. The lowest BCUT2D eigenvalue weighted by Crippen LogP contribution is -2.07. The molecule has 0 aliphatic heterocycles. The maximum Gasteiger partial charge on any atom is 0.0637 e. The van der Waals surface area contributed by atoms with Gasteiger partial charge in [0.2, 0.25) is 0 Å². The molecule has 0 heterocycles. The molecule has 0 aromatic heterocycles. The van der Waals surface area contributed by atoms with Crippen LogP contribution in [0.15, 0.2) is 46.9 Å². The Balaban J connectivity index is 2.22. The first kappa shape index (κ1) is 13.7. The van der Waals surface area contributed by atoms with Crippen molar-refractivity contribution in [2.45, 2.75) is 13.0 Å². The highest BCUT2D eigenvalue weighted by atomic mass is 79.9. The zero-order chi connectivity index (χ0) is 13.1. The molecule has 0 aliphatic rings. The highest BCUT2D eigenvalue weighted by Gasteiger charge is 2.11. The summed E-state index contributed by atoms with van der Waals surface area (Å²) in [6.07, 6.45) is 0. The SMILES string of the molecule is CC(Nc1ccccc1Cl)c1ccc(Br)cc1Cl. The first-order valence-corrected chi connectivity index (χ1v) is 7.09. The van der Waals surface area contributed by atoms with Crippen LogP contribution in [0.4, 0.5) is 5.69 Å². The van der Waals surface area contributed by atoms with E-state index in [1.807, 2.05) is 42.5 Å². The predicted octanol–water partition coefficient (Wildman–Crippen LogP) is 5.93. The molecule has 0 aliphatic carbocycles. The zero-order valence-electron chi connectivity index (χ0n) is 9.75. The van der Waals surface area contributed by atoms with E-state index in [0.29, 0.717) is 5.02 Å². The van der Waals surface area contributed by atoms with Crippen molar-refractivity contribution in [1.82, 2.24) is 0 Å². The van der Waals surface area contributed by atoms with Crippen LogP contribution in [0.3, 0.4) is 0 Å². The minimum atomic E-state index is 0.0884. The average Bonchev–Trinajstić information content (AvgIpc) is 2.32. The van der Waals surface area contributed by atoms with Gasteiger partial charge in [0.1, 0.15) is 0 Å². The van der Waals surface area contributed by atoms with Crippen LogP contribution in [-0.2, 0) is 0 Å². The largest absolute Gasteiger partial charge is 0.377 e. The Kier molecular flexibility index (Phi) is 4.55. The van der Waals surface area contributed by atoms with E-state index >= 15 is 0 Å². The maximum atomic E-state index is 6.23. The van der Waals surface area contributed by atoms with Crippen LogP contribution in [0.2, 0.25) is 10.0 Å². The molecule has 0 fully saturated rings. The van der Waals surface area contributed by atoms with Gasteiger partial charge in [0.15, 0.2) is 0 Å². The summed E-state index contributed by atoms with van der Waals surface area (Å²) in [7, 11) is 0. The average molecular weight is 345 g/mol. The van der Waals surface area contributed by atoms with Crippen LogP contribution in [0.1, 0.15) is 18.5 Å². The molecule has 1 unspecified atom stereocenters. The van der Waals surface area contributed by atoms with Gasteiger partial charge >= 0.3 is 0 Å². The van der Waals surface area contributed by atoms with Gasteiger partial charge in [0.25, 0.3) is 0 Å². The normalized spacial score (nSPS) is 12.2. The fraction of sp³-hybridized carbons (Fsp3) is 0.143. The van der Waals surface area contributed by atoms with Crippen molar-refractivity contribution in [2.75, 3.05) is 5.32 Å². The van der Waals surface area contributed by atoms with Crippen molar-refractivity contribution >= 4 is 44.8 Å². The van der Waals surface area contributed by atoms with Gasteiger partial charge in [0.05, 0.1) is 16.8 Å². The van der Waals surface area contributed by atoms with E-state index in [1.165, 1.54) is 0 Å². The van der Waals surface area contributed by atoms with Crippen molar-refractivity contribution in [3.05, 3.63) is 62.5 Å². The lowest BCUT2D eigenvalue weighted by molar-refractivity contribution is 0.885. The van der Waals surface area contributed by atoms with Crippen molar-refractivity contribution in [2.24, 2.45) is 0 Å². The van der Waals surface area contributed by atoms with E-state index < -0.39 is 0 Å². The molecule has 0 saturated heterocycles. The summed E-state index contributed by atoms with van der Waals surface area (Å²) in [6.45, 7) is 2.05. The lowest BCUT2D eigenvalue weighted by Gasteiger charge is -2.18. The molecule has 4 heteroatoms. The van der Waals surface area contributed by atoms with E-state index in [9.17, 15) is 0 Å². The molecule has 0 radical (unpaired) electrons. The number of hydrogen-bond acceptors (Lipinski definition) is 1. The molecule has 0 bridgehead atoms. The van der Waals surface area contributed by atoms with Crippen LogP contribution in [-0.4, -0.2) is 0 Å². The number of para-hydroxylation sites is 1. The molecule has 0 saturated carbocycles. The fourth-order valence-corrected chi connectivity index (χ4v) is 2.77. The van der Waals surface area contributed by atoms with Gasteiger partial charge in [-0.25, -0.2) is 0 Å². The van der Waals surface area contributed by atoms with Crippen LogP contribution in [0.5, 0.6) is 0 Å². The Morgan fingerprint density at radius 3 is 2.44 bits per heavy atom. The van der Waals surface area contributed by atoms with Crippen LogP contribution in [0, 0.1) is 0 Å². The predicted molar refractivity (Wildman–Crippen MR) is 82.6 cm³/mol.